The third kappa shape index (κ3) is 4.18. The van der Waals surface area contributed by atoms with E-state index in [9.17, 15) is 4.79 Å². The van der Waals surface area contributed by atoms with Gasteiger partial charge in [-0.15, -0.1) is 0 Å². The Kier molecular flexibility index (Phi) is 5.22. The molecule has 1 unspecified atom stereocenters. The van der Waals surface area contributed by atoms with Crippen LogP contribution in [-0.2, 0) is 4.74 Å². The third-order valence-electron chi connectivity index (χ3n) is 3.15. The van der Waals surface area contributed by atoms with Crippen LogP contribution < -0.4 is 0 Å². The molecule has 0 aromatic heterocycles. The van der Waals surface area contributed by atoms with E-state index in [0.29, 0.717) is 22.2 Å². The van der Waals surface area contributed by atoms with Crippen LogP contribution >= 0.6 is 23.2 Å². The quantitative estimate of drug-likeness (QED) is 0.803. The van der Waals surface area contributed by atoms with E-state index in [4.69, 9.17) is 27.9 Å². The van der Waals surface area contributed by atoms with Gasteiger partial charge in [-0.05, 0) is 31.5 Å². The summed E-state index contributed by atoms with van der Waals surface area (Å²) in [5.41, 5.74) is 0.604. The molecule has 2 rings (SSSR count). The van der Waals surface area contributed by atoms with Gasteiger partial charge in [0.1, 0.15) is 0 Å². The molecule has 19 heavy (non-hydrogen) atoms. The highest BCUT2D eigenvalue weighted by atomic mass is 35.5. The molecule has 0 N–H and O–H groups in total. The molecule has 1 aliphatic rings. The summed E-state index contributed by atoms with van der Waals surface area (Å²) < 4.78 is 5.56. The van der Waals surface area contributed by atoms with Crippen molar-refractivity contribution >= 4 is 29.0 Å². The van der Waals surface area contributed by atoms with Gasteiger partial charge < -0.3 is 4.74 Å². The fraction of sp³-hybridized carbons (Fsp3) is 0.500. The molecular formula is C14H17Cl2NO2. The highest BCUT2D eigenvalue weighted by molar-refractivity contribution is 6.42. The normalized spacial score (nSPS) is 21.1. The number of benzene rings is 1. The Hall–Kier alpha value is -0.610. The maximum absolute atomic E-state index is 12.2. The first-order valence-electron chi connectivity index (χ1n) is 6.38. The van der Waals surface area contributed by atoms with E-state index in [2.05, 4.69) is 4.90 Å². The van der Waals surface area contributed by atoms with Crippen LogP contribution in [0.1, 0.15) is 23.7 Å². The first kappa shape index (κ1) is 14.8. The van der Waals surface area contributed by atoms with Crippen LogP contribution in [-0.4, -0.2) is 43.0 Å². The first-order chi connectivity index (χ1) is 9.06. The Balaban J connectivity index is 2.01. The topological polar surface area (TPSA) is 29.5 Å². The lowest BCUT2D eigenvalue weighted by Crippen LogP contribution is -2.34. The number of halogens is 2. The van der Waals surface area contributed by atoms with Gasteiger partial charge in [0.2, 0.25) is 0 Å². The van der Waals surface area contributed by atoms with Gasteiger partial charge in [0.15, 0.2) is 5.78 Å². The highest BCUT2D eigenvalue weighted by Crippen LogP contribution is 2.23. The van der Waals surface area contributed by atoms with Crippen molar-refractivity contribution in [2.24, 2.45) is 0 Å². The van der Waals surface area contributed by atoms with Crippen LogP contribution in [0.2, 0.25) is 10.0 Å². The van der Waals surface area contributed by atoms with E-state index >= 15 is 0 Å². The third-order valence-corrected chi connectivity index (χ3v) is 3.88. The number of Topliss-reactive ketones (excluding diaryl/α,β-unsaturated/α-hetero) is 1. The van der Waals surface area contributed by atoms with Crippen molar-refractivity contribution in [3.8, 4) is 0 Å². The van der Waals surface area contributed by atoms with E-state index in [1.165, 1.54) is 0 Å². The monoisotopic (exact) mass is 301 g/mol. The number of rotatable bonds is 3. The predicted octanol–water partition coefficient (Wildman–Crippen LogP) is 3.29. The minimum atomic E-state index is 0.0627. The summed E-state index contributed by atoms with van der Waals surface area (Å²) in [5, 5.41) is 0.884. The average Bonchev–Trinajstić information content (AvgIpc) is 2.57. The molecule has 0 radical (unpaired) electrons. The zero-order valence-corrected chi connectivity index (χ0v) is 12.4. The Morgan fingerprint density at radius 1 is 1.42 bits per heavy atom. The Bertz CT molecular complexity index is 465. The minimum Gasteiger partial charge on any atom is -0.377 e. The average molecular weight is 302 g/mol. The summed E-state index contributed by atoms with van der Waals surface area (Å²) >= 11 is 11.8. The molecule has 0 bridgehead atoms. The van der Waals surface area contributed by atoms with E-state index in [0.717, 1.165) is 26.1 Å². The smallest absolute Gasteiger partial charge is 0.176 e. The fourth-order valence-corrected chi connectivity index (χ4v) is 2.49. The fourth-order valence-electron chi connectivity index (χ4n) is 2.19. The minimum absolute atomic E-state index is 0.0627. The second-order valence-electron chi connectivity index (χ2n) is 4.82. The summed E-state index contributed by atoms with van der Waals surface area (Å²) in [6.07, 6.45) is 1.13. The van der Waals surface area contributed by atoms with Crippen molar-refractivity contribution in [3.63, 3.8) is 0 Å². The number of hydrogen-bond acceptors (Lipinski definition) is 3. The molecule has 5 heteroatoms. The van der Waals surface area contributed by atoms with Gasteiger partial charge >= 0.3 is 0 Å². The van der Waals surface area contributed by atoms with Crippen molar-refractivity contribution in [3.05, 3.63) is 33.8 Å². The Labute approximate surface area is 123 Å². The largest absolute Gasteiger partial charge is 0.377 e. The van der Waals surface area contributed by atoms with Crippen LogP contribution in [0.5, 0.6) is 0 Å². The van der Waals surface area contributed by atoms with Gasteiger partial charge in [0.25, 0.3) is 0 Å². The van der Waals surface area contributed by atoms with Crippen molar-refractivity contribution in [1.82, 2.24) is 4.90 Å². The second-order valence-corrected chi connectivity index (χ2v) is 5.64. The van der Waals surface area contributed by atoms with Gasteiger partial charge in [-0.1, -0.05) is 23.2 Å². The first-order valence-corrected chi connectivity index (χ1v) is 7.14. The van der Waals surface area contributed by atoms with Crippen LogP contribution in [0.4, 0.5) is 0 Å². The maximum Gasteiger partial charge on any atom is 0.176 e. The number of nitrogens with zero attached hydrogens (tertiary/aromatic N) is 1. The van der Waals surface area contributed by atoms with Crippen LogP contribution in [0, 0.1) is 0 Å². The molecule has 1 saturated heterocycles. The summed E-state index contributed by atoms with van der Waals surface area (Å²) in [4.78, 5) is 14.3. The molecular weight excluding hydrogens is 285 g/mol. The molecule has 1 aromatic carbocycles. The Morgan fingerprint density at radius 2 is 2.21 bits per heavy atom. The molecule has 1 heterocycles. The van der Waals surface area contributed by atoms with Gasteiger partial charge in [0.05, 0.1) is 22.7 Å². The summed E-state index contributed by atoms with van der Waals surface area (Å²) in [7, 11) is 0. The van der Waals surface area contributed by atoms with Crippen LogP contribution in [0.3, 0.4) is 0 Å². The predicted molar refractivity (Wildman–Crippen MR) is 77.3 cm³/mol. The number of ketones is 1. The lowest BCUT2D eigenvalue weighted by Gasteiger charge is -2.20. The number of ether oxygens (including phenoxy) is 1. The van der Waals surface area contributed by atoms with Crippen molar-refractivity contribution in [2.45, 2.75) is 19.4 Å². The number of carbonyl (C=O) groups excluding carboxylic acids is 1. The molecule has 3 nitrogen and oxygen atoms in total. The zero-order valence-electron chi connectivity index (χ0n) is 10.9. The molecule has 0 aliphatic carbocycles. The molecule has 104 valence electrons. The molecule has 1 aromatic rings. The lowest BCUT2D eigenvalue weighted by molar-refractivity contribution is 0.0657. The summed E-state index contributed by atoms with van der Waals surface area (Å²) in [6.45, 7) is 4.86. The van der Waals surface area contributed by atoms with Crippen molar-refractivity contribution in [1.29, 1.82) is 0 Å². The molecule has 0 saturated carbocycles. The van der Waals surface area contributed by atoms with E-state index in [-0.39, 0.29) is 11.9 Å². The van der Waals surface area contributed by atoms with E-state index in [1.54, 1.807) is 18.2 Å². The van der Waals surface area contributed by atoms with Crippen molar-refractivity contribution in [2.75, 3.05) is 26.2 Å². The van der Waals surface area contributed by atoms with Gasteiger partial charge in [-0.25, -0.2) is 0 Å². The maximum atomic E-state index is 12.2. The summed E-state index contributed by atoms with van der Waals surface area (Å²) in [5.74, 6) is 0.0627. The van der Waals surface area contributed by atoms with Gasteiger partial charge in [-0.3, -0.25) is 9.69 Å². The molecule has 1 aliphatic heterocycles. The van der Waals surface area contributed by atoms with E-state index in [1.807, 2.05) is 6.92 Å². The molecule has 0 spiro atoms. The number of hydrogen-bond donors (Lipinski definition) is 0. The molecule has 1 atom stereocenters. The summed E-state index contributed by atoms with van der Waals surface area (Å²) in [6, 6.07) is 5.00. The second kappa shape index (κ2) is 6.71. The lowest BCUT2D eigenvalue weighted by atomic mass is 10.1. The highest BCUT2D eigenvalue weighted by Gasteiger charge is 2.18. The number of carbonyl (C=O) groups is 1. The Morgan fingerprint density at radius 3 is 2.95 bits per heavy atom. The van der Waals surface area contributed by atoms with E-state index < -0.39 is 0 Å². The molecule has 0 amide bonds. The van der Waals surface area contributed by atoms with Crippen molar-refractivity contribution < 1.29 is 9.53 Å². The van der Waals surface area contributed by atoms with Crippen LogP contribution in [0.25, 0.3) is 0 Å². The van der Waals surface area contributed by atoms with Crippen LogP contribution in [0.15, 0.2) is 18.2 Å². The van der Waals surface area contributed by atoms with Gasteiger partial charge in [-0.2, -0.15) is 0 Å². The molecule has 1 fully saturated rings. The van der Waals surface area contributed by atoms with Gasteiger partial charge in [0, 0.05) is 25.3 Å². The standard InChI is InChI=1S/C14H17Cl2NO2/c1-10-8-17(5-2-6-19-10)9-14(18)11-3-4-12(15)13(16)7-11/h3-4,7,10H,2,5-6,8-9H2,1H3. The zero-order chi connectivity index (χ0) is 13.8. The SMILES string of the molecule is CC1CN(CC(=O)c2ccc(Cl)c(Cl)c2)CCCO1.